The molecule has 0 radical (unpaired) electrons. The Balaban J connectivity index is 1.51. The molecule has 5 rings (SSSR count). The van der Waals surface area contributed by atoms with E-state index in [2.05, 4.69) is 20.3 Å². The molecule has 1 aliphatic rings. The number of primary amides is 1. The van der Waals surface area contributed by atoms with Crippen LogP contribution < -0.4 is 15.8 Å². The number of aryl methyl sites for hydroxylation is 1. The number of nitrogens with zero attached hydrogens (tertiary/aromatic N) is 4. The van der Waals surface area contributed by atoms with Crippen LogP contribution in [0.3, 0.4) is 0 Å². The fourth-order valence-electron chi connectivity index (χ4n) is 4.28. The van der Waals surface area contributed by atoms with Crippen molar-refractivity contribution in [3.63, 3.8) is 0 Å². The van der Waals surface area contributed by atoms with Gasteiger partial charge in [0.1, 0.15) is 5.75 Å². The summed E-state index contributed by atoms with van der Waals surface area (Å²) in [5.74, 6) is -1.36. The van der Waals surface area contributed by atoms with Crippen LogP contribution in [0.15, 0.2) is 48.7 Å². The zero-order chi connectivity index (χ0) is 25.9. The fraction of sp³-hybridized carbons (Fsp3) is 0.269. The molecule has 4 aromatic rings. The molecule has 1 aliphatic heterocycles. The number of phenolic OH excluding ortho intramolecular Hbond substituents is 1. The second-order valence-corrected chi connectivity index (χ2v) is 8.77. The molecule has 0 unspecified atom stereocenters. The van der Waals surface area contributed by atoms with Crippen molar-refractivity contribution in [2.75, 3.05) is 44.7 Å². The maximum absolute atomic E-state index is 14.4. The van der Waals surface area contributed by atoms with Crippen molar-refractivity contribution in [1.82, 2.24) is 19.5 Å². The Bertz CT molecular complexity index is 1450. The van der Waals surface area contributed by atoms with Crippen molar-refractivity contribution >= 4 is 17.2 Å². The zero-order valence-corrected chi connectivity index (χ0v) is 20.3. The number of hydrogen-bond donors (Lipinski definition) is 3. The Labute approximate surface area is 212 Å². The molecule has 0 bridgehead atoms. The van der Waals surface area contributed by atoms with E-state index in [1.165, 1.54) is 12.1 Å². The van der Waals surface area contributed by atoms with Crippen LogP contribution in [0.2, 0.25) is 0 Å². The van der Waals surface area contributed by atoms with E-state index in [9.17, 15) is 14.3 Å². The first-order valence-corrected chi connectivity index (χ1v) is 11.9. The number of aromatic nitrogens is 3. The van der Waals surface area contributed by atoms with Gasteiger partial charge in [-0.05, 0) is 36.8 Å². The molecule has 3 heterocycles. The zero-order valence-electron chi connectivity index (χ0n) is 20.3. The molecular formula is C26H27FN6O4. The summed E-state index contributed by atoms with van der Waals surface area (Å²) < 4.78 is 27.2. The van der Waals surface area contributed by atoms with Crippen LogP contribution >= 0.6 is 0 Å². The lowest BCUT2D eigenvalue weighted by atomic mass is 10.0. The predicted octanol–water partition coefficient (Wildman–Crippen LogP) is 3.18. The van der Waals surface area contributed by atoms with Crippen molar-refractivity contribution in [2.45, 2.75) is 6.92 Å². The Kier molecular flexibility index (Phi) is 6.89. The van der Waals surface area contributed by atoms with E-state index in [-0.39, 0.29) is 17.4 Å². The van der Waals surface area contributed by atoms with Gasteiger partial charge in [-0.25, -0.2) is 13.9 Å². The highest BCUT2D eigenvalue weighted by Gasteiger charge is 2.17. The Hall–Kier alpha value is -4.22. The Morgan fingerprint density at radius 3 is 2.76 bits per heavy atom. The van der Waals surface area contributed by atoms with Gasteiger partial charge in [0, 0.05) is 49.4 Å². The van der Waals surface area contributed by atoms with Gasteiger partial charge in [-0.15, -0.1) is 5.10 Å². The van der Waals surface area contributed by atoms with E-state index >= 15 is 0 Å². The predicted molar refractivity (Wildman–Crippen MR) is 136 cm³/mol. The lowest BCUT2D eigenvalue weighted by Crippen LogP contribution is -2.39. The molecule has 0 atom stereocenters. The topological polar surface area (TPSA) is 127 Å². The summed E-state index contributed by atoms with van der Waals surface area (Å²) in [6, 6.07) is 10.6. The molecule has 0 saturated carbocycles. The highest BCUT2D eigenvalue weighted by atomic mass is 19.1. The summed E-state index contributed by atoms with van der Waals surface area (Å²) >= 11 is 0. The molecular weight excluding hydrogens is 479 g/mol. The number of carbonyl (C=O) groups excluding carboxylic acids is 1. The normalized spacial score (nSPS) is 14.1. The van der Waals surface area contributed by atoms with Gasteiger partial charge >= 0.3 is 0 Å². The van der Waals surface area contributed by atoms with Gasteiger partial charge in [0.05, 0.1) is 30.8 Å². The maximum atomic E-state index is 14.4. The second-order valence-electron chi connectivity index (χ2n) is 8.77. The fourth-order valence-corrected chi connectivity index (χ4v) is 4.28. The standard InChI is InChI=1S/C26H27FN6O4/c1-16-12-17(2-4-19(16)25(28)35)22-15-30-26-21(29-6-7-32-8-10-36-11-9-32)14-24(31-33(22)26)37-23-5-3-18(34)13-20(23)27/h2-5,12-15,29,34H,6-11H2,1H3,(H2,28,35). The highest BCUT2D eigenvalue weighted by molar-refractivity contribution is 5.94. The van der Waals surface area contributed by atoms with Crippen molar-refractivity contribution < 1.29 is 23.8 Å². The van der Waals surface area contributed by atoms with Gasteiger partial charge in [0.2, 0.25) is 11.8 Å². The molecule has 1 amide bonds. The van der Waals surface area contributed by atoms with E-state index in [4.69, 9.17) is 15.2 Å². The third-order valence-corrected chi connectivity index (χ3v) is 6.21. The van der Waals surface area contributed by atoms with Crippen molar-refractivity contribution in [2.24, 2.45) is 5.73 Å². The maximum Gasteiger partial charge on any atom is 0.248 e. The van der Waals surface area contributed by atoms with Crippen LogP contribution in [-0.2, 0) is 4.74 Å². The molecule has 2 aromatic carbocycles. The minimum Gasteiger partial charge on any atom is -0.508 e. The molecule has 1 saturated heterocycles. The minimum atomic E-state index is -0.716. The molecule has 11 heteroatoms. The third-order valence-electron chi connectivity index (χ3n) is 6.21. The number of rotatable bonds is 8. The number of nitrogens with one attached hydrogen (secondary N) is 1. The molecule has 2 aromatic heterocycles. The molecule has 0 spiro atoms. The molecule has 192 valence electrons. The second kappa shape index (κ2) is 10.4. The summed E-state index contributed by atoms with van der Waals surface area (Å²) in [5.41, 5.74) is 9.27. The van der Waals surface area contributed by atoms with Crippen LogP contribution in [0.5, 0.6) is 17.4 Å². The minimum absolute atomic E-state index is 0.0766. The number of nitrogens with two attached hydrogens (primary N) is 1. The van der Waals surface area contributed by atoms with Crippen LogP contribution in [0.4, 0.5) is 10.1 Å². The van der Waals surface area contributed by atoms with Crippen LogP contribution in [-0.4, -0.2) is 69.9 Å². The average Bonchev–Trinajstić information content (AvgIpc) is 3.30. The van der Waals surface area contributed by atoms with Crippen molar-refractivity contribution in [1.29, 1.82) is 0 Å². The van der Waals surface area contributed by atoms with Crippen molar-refractivity contribution in [3.05, 3.63) is 65.6 Å². The molecule has 4 N–H and O–H groups in total. The number of amides is 1. The van der Waals surface area contributed by atoms with E-state index in [1.807, 2.05) is 6.07 Å². The molecule has 37 heavy (non-hydrogen) atoms. The van der Waals surface area contributed by atoms with Gasteiger partial charge < -0.3 is 25.6 Å². The van der Waals surface area contributed by atoms with E-state index in [0.717, 1.165) is 36.8 Å². The summed E-state index contributed by atoms with van der Waals surface area (Å²) in [6.45, 7) is 6.43. The third kappa shape index (κ3) is 5.32. The smallest absolute Gasteiger partial charge is 0.248 e. The summed E-state index contributed by atoms with van der Waals surface area (Å²) in [5, 5.41) is 17.5. The van der Waals surface area contributed by atoms with Crippen LogP contribution in [0, 0.1) is 12.7 Å². The number of phenols is 1. The van der Waals surface area contributed by atoms with Gasteiger partial charge in [0.15, 0.2) is 17.2 Å². The van der Waals surface area contributed by atoms with Crippen LogP contribution in [0.25, 0.3) is 16.9 Å². The Morgan fingerprint density at radius 1 is 1.22 bits per heavy atom. The molecule has 10 nitrogen and oxygen atoms in total. The first-order valence-electron chi connectivity index (χ1n) is 11.9. The summed E-state index contributed by atoms with van der Waals surface area (Å²) in [4.78, 5) is 18.5. The van der Waals surface area contributed by atoms with Gasteiger partial charge in [0.25, 0.3) is 0 Å². The SMILES string of the molecule is Cc1cc(-c2cnc3c(NCCN4CCOCC4)cc(Oc4ccc(O)cc4F)nn23)ccc1C(N)=O. The number of ether oxygens (including phenoxy) is 2. The number of benzene rings is 2. The highest BCUT2D eigenvalue weighted by Crippen LogP contribution is 2.31. The average molecular weight is 507 g/mol. The summed E-state index contributed by atoms with van der Waals surface area (Å²) in [6.07, 6.45) is 1.68. The number of fused-ring (bicyclic) bond motifs is 1. The largest absolute Gasteiger partial charge is 0.508 e. The monoisotopic (exact) mass is 506 g/mol. The number of aromatic hydroxyl groups is 1. The van der Waals surface area contributed by atoms with Gasteiger partial charge in [-0.2, -0.15) is 0 Å². The van der Waals surface area contributed by atoms with E-state index < -0.39 is 11.7 Å². The first kappa shape index (κ1) is 24.5. The number of imidazole rings is 1. The number of hydrogen-bond acceptors (Lipinski definition) is 8. The van der Waals surface area contributed by atoms with Gasteiger partial charge in [-0.1, -0.05) is 6.07 Å². The molecule has 0 aliphatic carbocycles. The lowest BCUT2D eigenvalue weighted by Gasteiger charge is -2.26. The van der Waals surface area contributed by atoms with Gasteiger partial charge in [-0.3, -0.25) is 9.69 Å². The van der Waals surface area contributed by atoms with E-state index in [0.29, 0.717) is 42.4 Å². The number of anilines is 1. The Morgan fingerprint density at radius 2 is 2.03 bits per heavy atom. The number of carbonyl (C=O) groups is 1. The van der Waals surface area contributed by atoms with Crippen molar-refractivity contribution in [3.8, 4) is 28.6 Å². The number of morpholine rings is 1. The first-order chi connectivity index (χ1) is 17.9. The summed E-state index contributed by atoms with van der Waals surface area (Å²) in [7, 11) is 0. The number of halogens is 1. The molecule has 1 fully saturated rings. The van der Waals surface area contributed by atoms with E-state index in [1.54, 1.807) is 35.8 Å². The van der Waals surface area contributed by atoms with Crippen LogP contribution in [0.1, 0.15) is 15.9 Å². The lowest BCUT2D eigenvalue weighted by molar-refractivity contribution is 0.0398. The quantitative estimate of drug-likeness (QED) is 0.333.